The average Bonchev–Trinajstić information content (AvgIpc) is 2.56. The first kappa shape index (κ1) is 22.7. The fourth-order valence-electron chi connectivity index (χ4n) is 2.09. The second kappa shape index (κ2) is 9.07. The number of rotatable bonds is 7. The highest BCUT2D eigenvalue weighted by atomic mass is 19.4. The first-order valence-electron chi connectivity index (χ1n) is 7.67. The van der Waals surface area contributed by atoms with Crippen molar-refractivity contribution in [2.24, 2.45) is 0 Å². The number of likely N-dealkylation sites (N-methyl/N-ethyl adjacent to an activating group) is 1. The second-order valence-electron chi connectivity index (χ2n) is 5.65. The van der Waals surface area contributed by atoms with E-state index in [9.17, 15) is 35.9 Å². The zero-order chi connectivity index (χ0) is 20.8. The Morgan fingerprint density at radius 3 is 2.00 bits per heavy atom. The Hall–Kier alpha value is -2.30. The lowest BCUT2D eigenvalue weighted by Gasteiger charge is -2.19. The molecule has 5 nitrogen and oxygen atoms in total. The molecular weight excluding hydrogens is 382 g/mol. The van der Waals surface area contributed by atoms with Crippen molar-refractivity contribution in [3.63, 3.8) is 0 Å². The zero-order valence-electron chi connectivity index (χ0n) is 14.5. The van der Waals surface area contributed by atoms with Gasteiger partial charge in [0.25, 0.3) is 5.91 Å². The fourth-order valence-corrected chi connectivity index (χ4v) is 2.09. The van der Waals surface area contributed by atoms with Crippen molar-refractivity contribution in [3.8, 4) is 0 Å². The standard InChI is InChI=1S/C16H18F6N2O3/c1-24(9-13(25)23-4-3-5-27-2)14(26)10-6-11(15(17,18)19)8-12(7-10)16(20,21)22/h6-8H,3-5,9H2,1-2H3,(H,23,25). The van der Waals surface area contributed by atoms with Crippen molar-refractivity contribution in [1.29, 1.82) is 0 Å². The van der Waals surface area contributed by atoms with Crippen LogP contribution in [0.1, 0.15) is 27.9 Å². The summed E-state index contributed by atoms with van der Waals surface area (Å²) in [6.45, 7) is 0.111. The van der Waals surface area contributed by atoms with Crippen LogP contribution in [0.15, 0.2) is 18.2 Å². The molecule has 0 aliphatic rings. The molecule has 27 heavy (non-hydrogen) atoms. The van der Waals surface area contributed by atoms with Crippen LogP contribution < -0.4 is 5.32 Å². The van der Waals surface area contributed by atoms with Gasteiger partial charge < -0.3 is 15.0 Å². The molecule has 0 radical (unpaired) electrons. The molecule has 1 rings (SSSR count). The van der Waals surface area contributed by atoms with Crippen molar-refractivity contribution >= 4 is 11.8 Å². The van der Waals surface area contributed by atoms with Crippen molar-refractivity contribution in [2.75, 3.05) is 33.9 Å². The third-order valence-electron chi connectivity index (χ3n) is 3.41. The minimum absolute atomic E-state index is 0.0701. The Morgan fingerprint density at radius 2 is 1.56 bits per heavy atom. The number of methoxy groups -OCH3 is 1. The van der Waals surface area contributed by atoms with E-state index >= 15 is 0 Å². The number of hydrogen-bond donors (Lipinski definition) is 1. The first-order valence-corrected chi connectivity index (χ1v) is 7.67. The van der Waals surface area contributed by atoms with Crippen molar-refractivity contribution < 1.29 is 40.7 Å². The largest absolute Gasteiger partial charge is 0.416 e. The van der Waals surface area contributed by atoms with Gasteiger partial charge >= 0.3 is 12.4 Å². The maximum atomic E-state index is 12.8. The van der Waals surface area contributed by atoms with E-state index in [2.05, 4.69) is 5.32 Å². The number of carbonyl (C=O) groups excluding carboxylic acids is 2. The normalized spacial score (nSPS) is 12.0. The maximum Gasteiger partial charge on any atom is 0.416 e. The SMILES string of the molecule is COCCCNC(=O)CN(C)C(=O)c1cc(C(F)(F)F)cc(C(F)(F)F)c1. The van der Waals surface area contributed by atoms with Gasteiger partial charge in [0.15, 0.2) is 0 Å². The summed E-state index contributed by atoms with van der Waals surface area (Å²) < 4.78 is 81.9. The Labute approximate surface area is 151 Å². The highest BCUT2D eigenvalue weighted by molar-refractivity contribution is 5.96. The van der Waals surface area contributed by atoms with Gasteiger partial charge in [-0.15, -0.1) is 0 Å². The summed E-state index contributed by atoms with van der Waals surface area (Å²) in [6.07, 6.45) is -9.62. The summed E-state index contributed by atoms with van der Waals surface area (Å²) in [5.41, 5.74) is -4.01. The molecule has 0 fully saturated rings. The van der Waals surface area contributed by atoms with E-state index in [1.807, 2.05) is 0 Å². The first-order chi connectivity index (χ1) is 12.4. The molecule has 0 spiro atoms. The predicted molar refractivity (Wildman–Crippen MR) is 82.9 cm³/mol. The number of amides is 2. The number of halogens is 6. The van der Waals surface area contributed by atoms with Crippen LogP contribution in [-0.2, 0) is 21.9 Å². The molecule has 0 atom stereocenters. The molecule has 11 heteroatoms. The number of nitrogens with one attached hydrogen (secondary N) is 1. The highest BCUT2D eigenvalue weighted by Crippen LogP contribution is 2.36. The van der Waals surface area contributed by atoms with E-state index < -0.39 is 47.4 Å². The molecule has 1 aromatic carbocycles. The molecule has 1 N–H and O–H groups in total. The molecule has 0 aliphatic carbocycles. The van der Waals surface area contributed by atoms with E-state index in [1.54, 1.807) is 0 Å². The lowest BCUT2D eigenvalue weighted by molar-refractivity contribution is -0.143. The van der Waals surface area contributed by atoms with E-state index in [4.69, 9.17) is 4.74 Å². The summed E-state index contributed by atoms with van der Waals surface area (Å²) in [4.78, 5) is 24.6. The smallest absolute Gasteiger partial charge is 0.385 e. The summed E-state index contributed by atoms with van der Waals surface area (Å²) in [6, 6.07) is 0.578. The van der Waals surface area contributed by atoms with Gasteiger partial charge in [0.2, 0.25) is 5.91 Å². The van der Waals surface area contributed by atoms with Gasteiger partial charge in [0.1, 0.15) is 0 Å². The van der Waals surface area contributed by atoms with Crippen LogP contribution in [0.5, 0.6) is 0 Å². The van der Waals surface area contributed by atoms with Gasteiger partial charge in [-0.05, 0) is 24.6 Å². The van der Waals surface area contributed by atoms with Crippen LogP contribution in [0.4, 0.5) is 26.3 Å². The van der Waals surface area contributed by atoms with Crippen LogP contribution in [-0.4, -0.2) is 50.6 Å². The molecule has 152 valence electrons. The quantitative estimate of drug-likeness (QED) is 0.566. The summed E-state index contributed by atoms with van der Waals surface area (Å²) >= 11 is 0. The predicted octanol–water partition coefficient (Wildman–Crippen LogP) is 2.95. The molecule has 0 bridgehead atoms. The number of ether oxygens (including phenoxy) is 1. The third kappa shape index (κ3) is 7.08. The molecule has 0 heterocycles. The van der Waals surface area contributed by atoms with Crippen LogP contribution in [0, 0.1) is 0 Å². The topological polar surface area (TPSA) is 58.6 Å². The van der Waals surface area contributed by atoms with Gasteiger partial charge in [0.05, 0.1) is 17.7 Å². The van der Waals surface area contributed by atoms with Gasteiger partial charge in [-0.25, -0.2) is 0 Å². The van der Waals surface area contributed by atoms with Crippen molar-refractivity contribution in [1.82, 2.24) is 10.2 Å². The molecule has 0 saturated heterocycles. The van der Waals surface area contributed by atoms with Gasteiger partial charge in [-0.3, -0.25) is 9.59 Å². The molecule has 2 amide bonds. The van der Waals surface area contributed by atoms with Crippen LogP contribution in [0.25, 0.3) is 0 Å². The molecule has 0 aliphatic heterocycles. The van der Waals surface area contributed by atoms with Gasteiger partial charge in [-0.2, -0.15) is 26.3 Å². The minimum atomic E-state index is -5.06. The number of alkyl halides is 6. The maximum absolute atomic E-state index is 12.8. The average molecular weight is 400 g/mol. The van der Waals surface area contributed by atoms with Crippen LogP contribution in [0.3, 0.4) is 0 Å². The van der Waals surface area contributed by atoms with Crippen molar-refractivity contribution in [2.45, 2.75) is 18.8 Å². The molecule has 1 aromatic rings. The van der Waals surface area contributed by atoms with E-state index in [1.165, 1.54) is 7.11 Å². The summed E-state index contributed by atoms with van der Waals surface area (Å²) in [7, 11) is 2.57. The lowest BCUT2D eigenvalue weighted by atomic mass is 10.0. The Morgan fingerprint density at radius 1 is 1.04 bits per heavy atom. The Kier molecular flexibility index (Phi) is 7.64. The number of carbonyl (C=O) groups is 2. The monoisotopic (exact) mass is 400 g/mol. The van der Waals surface area contributed by atoms with E-state index in [-0.39, 0.29) is 12.6 Å². The number of hydrogen-bond acceptors (Lipinski definition) is 3. The van der Waals surface area contributed by atoms with Crippen LogP contribution in [0.2, 0.25) is 0 Å². The summed E-state index contributed by atoms with van der Waals surface area (Å²) in [5.74, 6) is -1.75. The van der Waals surface area contributed by atoms with Crippen molar-refractivity contribution in [3.05, 3.63) is 34.9 Å². The Bertz CT molecular complexity index is 641. The van der Waals surface area contributed by atoms with Gasteiger partial charge in [0, 0.05) is 32.9 Å². The lowest BCUT2D eigenvalue weighted by Crippen LogP contribution is -2.39. The van der Waals surface area contributed by atoms with E-state index in [0.717, 1.165) is 11.9 Å². The molecule has 0 aromatic heterocycles. The number of benzene rings is 1. The summed E-state index contributed by atoms with van der Waals surface area (Å²) in [5, 5.41) is 2.45. The number of nitrogens with zero attached hydrogens (tertiary/aromatic N) is 1. The highest BCUT2D eigenvalue weighted by Gasteiger charge is 2.37. The fraction of sp³-hybridized carbons (Fsp3) is 0.500. The Balaban J connectivity index is 2.96. The zero-order valence-corrected chi connectivity index (χ0v) is 14.5. The molecular formula is C16H18F6N2O3. The van der Waals surface area contributed by atoms with Crippen LogP contribution >= 0.6 is 0 Å². The third-order valence-corrected chi connectivity index (χ3v) is 3.41. The molecule has 0 unspecified atom stereocenters. The molecule has 0 saturated carbocycles. The van der Waals surface area contributed by atoms with Gasteiger partial charge in [-0.1, -0.05) is 0 Å². The second-order valence-corrected chi connectivity index (χ2v) is 5.65. The van der Waals surface area contributed by atoms with E-state index in [0.29, 0.717) is 25.2 Å². The minimum Gasteiger partial charge on any atom is -0.385 e.